The first-order valence-electron chi connectivity index (χ1n) is 7.70. The van der Waals surface area contributed by atoms with E-state index in [0.29, 0.717) is 0 Å². The van der Waals surface area contributed by atoms with Crippen molar-refractivity contribution >= 4 is 0 Å². The lowest BCUT2D eigenvalue weighted by Crippen LogP contribution is -2.21. The van der Waals surface area contributed by atoms with Gasteiger partial charge in [0, 0.05) is 0 Å². The van der Waals surface area contributed by atoms with E-state index in [0.717, 1.165) is 22.3 Å². The van der Waals surface area contributed by atoms with Crippen LogP contribution in [0.3, 0.4) is 0 Å². The molecule has 3 heteroatoms. The maximum absolute atomic E-state index is 11.7. The summed E-state index contributed by atoms with van der Waals surface area (Å²) in [6, 6.07) is 28.1. The van der Waals surface area contributed by atoms with Gasteiger partial charge >= 0.3 is 0 Å². The van der Waals surface area contributed by atoms with Gasteiger partial charge in [-0.25, -0.2) is 5.01 Å². The molecular weight excluding hydrogens is 284 g/mol. The van der Waals surface area contributed by atoms with Gasteiger partial charge in [0.2, 0.25) is 0 Å². The minimum absolute atomic E-state index is 0.143. The zero-order valence-corrected chi connectivity index (χ0v) is 12.5. The van der Waals surface area contributed by atoms with Crippen molar-refractivity contribution in [3.05, 3.63) is 112 Å². The van der Waals surface area contributed by atoms with E-state index >= 15 is 0 Å². The Balaban J connectivity index is 1.91. The summed E-state index contributed by atoms with van der Waals surface area (Å²) in [6.07, 6.45) is 0. The van der Waals surface area contributed by atoms with Crippen LogP contribution in [0.5, 0.6) is 0 Å². The number of hydrogen-bond donors (Lipinski definition) is 0. The van der Waals surface area contributed by atoms with Crippen LogP contribution in [0, 0.1) is 4.91 Å². The van der Waals surface area contributed by atoms with E-state index in [1.807, 2.05) is 72.8 Å². The molecule has 1 heterocycles. The van der Waals surface area contributed by atoms with Gasteiger partial charge in [-0.2, -0.15) is 0 Å². The Hall–Kier alpha value is -2.94. The molecule has 0 aromatic heterocycles. The largest absolute Gasteiger partial charge is 0.237 e. The Kier molecular flexibility index (Phi) is 3.39. The molecule has 0 aliphatic carbocycles. The average Bonchev–Trinajstić information content (AvgIpc) is 2.97. The van der Waals surface area contributed by atoms with Gasteiger partial charge in [0.05, 0.1) is 5.29 Å². The van der Waals surface area contributed by atoms with Gasteiger partial charge in [-0.05, 0) is 22.3 Å². The summed E-state index contributed by atoms with van der Waals surface area (Å²) < 4.78 is 0. The second-order valence-electron chi connectivity index (χ2n) is 5.72. The van der Waals surface area contributed by atoms with Crippen molar-refractivity contribution in [3.63, 3.8) is 0 Å². The van der Waals surface area contributed by atoms with Gasteiger partial charge in [0.1, 0.15) is 12.1 Å². The molecular formula is C20H16N2O. The van der Waals surface area contributed by atoms with Crippen molar-refractivity contribution in [1.82, 2.24) is 5.01 Å². The predicted molar refractivity (Wildman–Crippen MR) is 90.6 cm³/mol. The van der Waals surface area contributed by atoms with Crippen molar-refractivity contribution in [2.75, 3.05) is 0 Å². The summed E-state index contributed by atoms with van der Waals surface area (Å²) >= 11 is 0. The van der Waals surface area contributed by atoms with Crippen molar-refractivity contribution in [2.24, 2.45) is 5.29 Å². The third-order valence-electron chi connectivity index (χ3n) is 4.44. The summed E-state index contributed by atoms with van der Waals surface area (Å²) in [5.41, 5.74) is 4.45. The molecule has 1 aliphatic rings. The van der Waals surface area contributed by atoms with E-state index in [4.69, 9.17) is 0 Å². The van der Waals surface area contributed by atoms with Gasteiger partial charge in [0.25, 0.3) is 0 Å². The highest BCUT2D eigenvalue weighted by Gasteiger charge is 2.40. The topological polar surface area (TPSA) is 32.7 Å². The van der Waals surface area contributed by atoms with Crippen molar-refractivity contribution in [2.45, 2.75) is 12.1 Å². The molecule has 112 valence electrons. The summed E-state index contributed by atoms with van der Waals surface area (Å²) in [6.45, 7) is 0. The number of benzene rings is 3. The Bertz CT molecular complexity index is 751. The molecule has 0 saturated carbocycles. The van der Waals surface area contributed by atoms with Crippen LogP contribution in [0.4, 0.5) is 0 Å². The number of hydrogen-bond acceptors (Lipinski definition) is 2. The van der Waals surface area contributed by atoms with Crippen LogP contribution in [-0.2, 0) is 0 Å². The maximum Gasteiger partial charge on any atom is 0.102 e. The summed E-state index contributed by atoms with van der Waals surface area (Å²) in [4.78, 5) is 11.7. The Morgan fingerprint density at radius 2 is 1.00 bits per heavy atom. The zero-order chi connectivity index (χ0) is 15.6. The van der Waals surface area contributed by atoms with Gasteiger partial charge in [-0.3, -0.25) is 0 Å². The van der Waals surface area contributed by atoms with Crippen LogP contribution in [0.1, 0.15) is 34.3 Å². The first-order chi connectivity index (χ1) is 11.4. The zero-order valence-electron chi connectivity index (χ0n) is 12.5. The maximum atomic E-state index is 11.7. The minimum Gasteiger partial charge on any atom is -0.237 e. The van der Waals surface area contributed by atoms with E-state index in [1.54, 1.807) is 5.01 Å². The molecule has 0 spiro atoms. The van der Waals surface area contributed by atoms with Crippen LogP contribution >= 0.6 is 0 Å². The lowest BCUT2D eigenvalue weighted by molar-refractivity contribution is 0.215. The molecule has 3 nitrogen and oxygen atoms in total. The SMILES string of the molecule is O=NN1C(c2ccccc2)c2ccccc2C1c1ccccc1. The molecule has 1 aliphatic heterocycles. The number of nitroso groups, excluding NO2 is 1. The van der Waals surface area contributed by atoms with Gasteiger partial charge in [-0.1, -0.05) is 84.9 Å². The van der Waals surface area contributed by atoms with E-state index in [2.05, 4.69) is 17.4 Å². The normalized spacial score (nSPS) is 19.4. The molecule has 0 saturated heterocycles. The molecule has 0 amide bonds. The highest BCUT2D eigenvalue weighted by atomic mass is 16.3. The second kappa shape index (κ2) is 5.69. The molecule has 3 aromatic carbocycles. The van der Waals surface area contributed by atoms with Crippen LogP contribution in [0.2, 0.25) is 0 Å². The van der Waals surface area contributed by atoms with Gasteiger partial charge < -0.3 is 0 Å². The highest BCUT2D eigenvalue weighted by Crippen LogP contribution is 2.48. The third kappa shape index (κ3) is 2.21. The van der Waals surface area contributed by atoms with Gasteiger partial charge in [-0.15, -0.1) is 4.91 Å². The van der Waals surface area contributed by atoms with Crippen molar-refractivity contribution < 1.29 is 0 Å². The fourth-order valence-electron chi connectivity index (χ4n) is 3.47. The summed E-state index contributed by atoms with van der Waals surface area (Å²) in [5.74, 6) is 0. The Labute approximate surface area is 135 Å². The average molecular weight is 300 g/mol. The lowest BCUT2D eigenvalue weighted by atomic mass is 9.95. The first-order valence-corrected chi connectivity index (χ1v) is 7.70. The van der Waals surface area contributed by atoms with Crippen molar-refractivity contribution in [1.29, 1.82) is 0 Å². The van der Waals surface area contributed by atoms with Crippen molar-refractivity contribution in [3.8, 4) is 0 Å². The minimum atomic E-state index is -0.143. The monoisotopic (exact) mass is 300 g/mol. The number of fused-ring (bicyclic) bond motifs is 1. The van der Waals surface area contributed by atoms with Gasteiger partial charge in [0.15, 0.2) is 0 Å². The van der Waals surface area contributed by atoms with Crippen LogP contribution in [-0.4, -0.2) is 5.01 Å². The molecule has 0 bridgehead atoms. The number of nitrogens with zero attached hydrogens (tertiary/aromatic N) is 2. The standard InChI is InChI=1S/C20H16N2O/c23-21-22-19(15-9-3-1-4-10-15)17-13-7-8-14-18(17)20(22)16-11-5-2-6-12-16/h1-14,19-20H. The molecule has 2 unspecified atom stereocenters. The quantitative estimate of drug-likeness (QED) is 0.647. The Morgan fingerprint density at radius 3 is 1.39 bits per heavy atom. The molecule has 0 radical (unpaired) electrons. The summed E-state index contributed by atoms with van der Waals surface area (Å²) in [5, 5.41) is 5.08. The van der Waals surface area contributed by atoms with E-state index in [-0.39, 0.29) is 12.1 Å². The first kappa shape index (κ1) is 13.7. The van der Waals surface area contributed by atoms with E-state index in [9.17, 15) is 4.91 Å². The van der Waals surface area contributed by atoms with Crippen LogP contribution in [0.25, 0.3) is 0 Å². The fourth-order valence-corrected chi connectivity index (χ4v) is 3.47. The fraction of sp³-hybridized carbons (Fsp3) is 0.100. The van der Waals surface area contributed by atoms with Crippen LogP contribution in [0.15, 0.2) is 90.2 Å². The second-order valence-corrected chi connectivity index (χ2v) is 5.72. The van der Waals surface area contributed by atoms with Crippen LogP contribution < -0.4 is 0 Å². The molecule has 0 fully saturated rings. The molecule has 4 rings (SSSR count). The molecule has 0 N–H and O–H groups in total. The number of rotatable bonds is 3. The lowest BCUT2D eigenvalue weighted by Gasteiger charge is -2.25. The van der Waals surface area contributed by atoms with E-state index in [1.165, 1.54) is 0 Å². The smallest absolute Gasteiger partial charge is 0.102 e. The molecule has 3 aromatic rings. The predicted octanol–water partition coefficient (Wildman–Crippen LogP) is 4.86. The Morgan fingerprint density at radius 1 is 0.609 bits per heavy atom. The molecule has 2 atom stereocenters. The van der Waals surface area contributed by atoms with E-state index < -0.39 is 0 Å². The molecule has 23 heavy (non-hydrogen) atoms. The highest BCUT2D eigenvalue weighted by molar-refractivity contribution is 5.47. The third-order valence-corrected chi connectivity index (χ3v) is 4.44. The summed E-state index contributed by atoms with van der Waals surface area (Å²) in [7, 11) is 0.